The summed E-state index contributed by atoms with van der Waals surface area (Å²) in [7, 11) is 0. The molecule has 0 amide bonds. The first-order valence-electron chi connectivity index (χ1n) is 4.20. The molecule has 0 radical (unpaired) electrons. The Morgan fingerprint density at radius 2 is 2.21 bits per heavy atom. The highest BCUT2D eigenvalue weighted by Crippen LogP contribution is 2.27. The van der Waals surface area contributed by atoms with E-state index in [1.165, 1.54) is 0 Å². The van der Waals surface area contributed by atoms with Gasteiger partial charge in [-0.2, -0.15) is 0 Å². The van der Waals surface area contributed by atoms with Gasteiger partial charge >= 0.3 is 0 Å². The lowest BCUT2D eigenvalue weighted by Crippen LogP contribution is -2.03. The third kappa shape index (κ3) is 2.55. The van der Waals surface area contributed by atoms with Gasteiger partial charge in [0.25, 0.3) is 0 Å². The lowest BCUT2D eigenvalue weighted by molar-refractivity contribution is -0.118. The van der Waals surface area contributed by atoms with Crippen molar-refractivity contribution in [3.8, 4) is 0 Å². The van der Waals surface area contributed by atoms with Crippen molar-refractivity contribution in [3.05, 3.63) is 33.0 Å². The molecular formula is C10H9BrClFO. The van der Waals surface area contributed by atoms with Crippen molar-refractivity contribution < 1.29 is 9.18 Å². The molecular weight excluding hydrogens is 270 g/mol. The van der Waals surface area contributed by atoms with E-state index in [0.717, 1.165) is 0 Å². The number of carbonyl (C=O) groups excluding carboxylic acids is 1. The minimum atomic E-state index is -0.511. The quantitative estimate of drug-likeness (QED) is 0.770. The second-order valence-corrected chi connectivity index (χ2v) is 4.14. The third-order valence-corrected chi connectivity index (χ3v) is 3.16. The average molecular weight is 280 g/mol. The van der Waals surface area contributed by atoms with E-state index >= 15 is 0 Å². The summed E-state index contributed by atoms with van der Waals surface area (Å²) in [5, 5.41) is 0.0337. The molecule has 0 unspecified atom stereocenters. The van der Waals surface area contributed by atoms with Gasteiger partial charge in [0.15, 0.2) is 0 Å². The zero-order valence-corrected chi connectivity index (χ0v) is 9.95. The highest BCUT2D eigenvalue weighted by atomic mass is 79.9. The zero-order valence-electron chi connectivity index (χ0n) is 7.61. The van der Waals surface area contributed by atoms with Gasteiger partial charge in [0.1, 0.15) is 11.6 Å². The smallest absolute Gasteiger partial charge is 0.146 e. The summed E-state index contributed by atoms with van der Waals surface area (Å²) in [6.07, 6.45) is 0.516. The van der Waals surface area contributed by atoms with Crippen molar-refractivity contribution in [2.45, 2.75) is 19.8 Å². The van der Waals surface area contributed by atoms with Gasteiger partial charge in [0, 0.05) is 17.3 Å². The number of ketones is 1. The summed E-state index contributed by atoms with van der Waals surface area (Å²) < 4.78 is 13.9. The van der Waals surface area contributed by atoms with Crippen molar-refractivity contribution in [1.82, 2.24) is 0 Å². The summed E-state index contributed by atoms with van der Waals surface area (Å²) in [4.78, 5) is 11.1. The van der Waals surface area contributed by atoms with Crippen molar-refractivity contribution in [3.63, 3.8) is 0 Å². The highest BCUT2D eigenvalue weighted by Gasteiger charge is 2.12. The van der Waals surface area contributed by atoms with E-state index in [1.54, 1.807) is 19.1 Å². The first-order valence-corrected chi connectivity index (χ1v) is 5.37. The van der Waals surface area contributed by atoms with Crippen LogP contribution in [0.1, 0.15) is 18.9 Å². The van der Waals surface area contributed by atoms with E-state index in [-0.39, 0.29) is 17.2 Å². The Morgan fingerprint density at radius 3 is 2.79 bits per heavy atom. The molecule has 0 fully saturated rings. The Balaban J connectivity index is 3.00. The Morgan fingerprint density at radius 1 is 1.57 bits per heavy atom. The molecule has 0 aliphatic heterocycles. The van der Waals surface area contributed by atoms with Crippen LogP contribution in [0.4, 0.5) is 4.39 Å². The molecule has 0 aliphatic carbocycles. The molecule has 0 N–H and O–H groups in total. The molecule has 1 aromatic rings. The van der Waals surface area contributed by atoms with Crippen LogP contribution >= 0.6 is 27.5 Å². The van der Waals surface area contributed by atoms with Gasteiger partial charge in [-0.15, -0.1) is 0 Å². The maximum absolute atomic E-state index is 13.4. The molecule has 4 heteroatoms. The molecule has 0 aromatic heterocycles. The molecule has 0 saturated heterocycles. The average Bonchev–Trinajstić information content (AvgIpc) is 2.19. The Bertz CT molecular complexity index is 365. The van der Waals surface area contributed by atoms with Crippen LogP contribution in [0.5, 0.6) is 0 Å². The van der Waals surface area contributed by atoms with Crippen molar-refractivity contribution in [2.75, 3.05) is 0 Å². The molecule has 0 spiro atoms. The predicted molar refractivity (Wildman–Crippen MR) is 58.1 cm³/mol. The van der Waals surface area contributed by atoms with Crippen molar-refractivity contribution in [2.24, 2.45) is 0 Å². The van der Waals surface area contributed by atoms with E-state index in [9.17, 15) is 9.18 Å². The molecule has 1 aromatic carbocycles. The topological polar surface area (TPSA) is 17.1 Å². The van der Waals surface area contributed by atoms with Gasteiger partial charge in [-0.25, -0.2) is 4.39 Å². The number of benzene rings is 1. The summed E-state index contributed by atoms with van der Waals surface area (Å²) in [6.45, 7) is 1.75. The summed E-state index contributed by atoms with van der Waals surface area (Å²) in [5.74, 6) is -0.509. The fourth-order valence-electron chi connectivity index (χ4n) is 1.04. The lowest BCUT2D eigenvalue weighted by Gasteiger charge is -2.04. The van der Waals surface area contributed by atoms with Crippen LogP contribution in [0, 0.1) is 5.82 Å². The molecule has 0 heterocycles. The lowest BCUT2D eigenvalue weighted by atomic mass is 10.1. The highest BCUT2D eigenvalue weighted by molar-refractivity contribution is 9.10. The SMILES string of the molecule is CCC(=O)Cc1ccc(Br)c(Cl)c1F. The number of Topliss-reactive ketones (excluding diaryl/α,β-unsaturated/α-hetero) is 1. The van der Waals surface area contributed by atoms with Crippen LogP contribution in [0.2, 0.25) is 5.02 Å². The standard InChI is InChI=1S/C10H9BrClFO/c1-2-7(14)5-6-3-4-8(11)9(12)10(6)13/h3-4H,2,5H2,1H3. The third-order valence-electron chi connectivity index (χ3n) is 1.90. The zero-order chi connectivity index (χ0) is 10.7. The number of carbonyl (C=O) groups is 1. The number of halogens is 3. The van der Waals surface area contributed by atoms with Gasteiger partial charge in [-0.3, -0.25) is 4.79 Å². The number of rotatable bonds is 3. The maximum atomic E-state index is 13.4. The fraction of sp³-hybridized carbons (Fsp3) is 0.300. The van der Waals surface area contributed by atoms with Gasteiger partial charge < -0.3 is 0 Å². The molecule has 0 atom stereocenters. The van der Waals surface area contributed by atoms with Crippen LogP contribution in [-0.2, 0) is 11.2 Å². The van der Waals surface area contributed by atoms with Gasteiger partial charge in [0.2, 0.25) is 0 Å². The van der Waals surface area contributed by atoms with E-state index in [4.69, 9.17) is 11.6 Å². The van der Waals surface area contributed by atoms with Gasteiger partial charge in [0.05, 0.1) is 5.02 Å². The minimum Gasteiger partial charge on any atom is -0.299 e. The van der Waals surface area contributed by atoms with Crippen LogP contribution < -0.4 is 0 Å². The maximum Gasteiger partial charge on any atom is 0.146 e. The van der Waals surface area contributed by atoms with Crippen molar-refractivity contribution >= 4 is 33.3 Å². The normalized spacial score (nSPS) is 10.3. The van der Waals surface area contributed by atoms with Crippen molar-refractivity contribution in [1.29, 1.82) is 0 Å². The second-order valence-electron chi connectivity index (χ2n) is 2.90. The van der Waals surface area contributed by atoms with Gasteiger partial charge in [-0.1, -0.05) is 24.6 Å². The molecule has 0 saturated carbocycles. The van der Waals surface area contributed by atoms with Gasteiger partial charge in [-0.05, 0) is 27.6 Å². The van der Waals surface area contributed by atoms with E-state index in [0.29, 0.717) is 16.5 Å². The second kappa shape index (κ2) is 4.89. The monoisotopic (exact) mass is 278 g/mol. The summed E-state index contributed by atoms with van der Waals surface area (Å²) in [6, 6.07) is 3.21. The summed E-state index contributed by atoms with van der Waals surface area (Å²) in [5.41, 5.74) is 0.352. The van der Waals surface area contributed by atoms with Crippen LogP contribution in [-0.4, -0.2) is 5.78 Å². The number of hydrogen-bond donors (Lipinski definition) is 0. The molecule has 0 aliphatic rings. The summed E-state index contributed by atoms with van der Waals surface area (Å²) >= 11 is 8.78. The predicted octanol–water partition coefficient (Wildman–Crippen LogP) is 3.76. The minimum absolute atomic E-state index is 0.00212. The van der Waals surface area contributed by atoms with Crippen LogP contribution in [0.25, 0.3) is 0 Å². The van der Waals surface area contributed by atoms with E-state index < -0.39 is 5.82 Å². The molecule has 1 nitrogen and oxygen atoms in total. The Labute approximate surface area is 95.4 Å². The molecule has 14 heavy (non-hydrogen) atoms. The largest absolute Gasteiger partial charge is 0.299 e. The Hall–Kier alpha value is -0.410. The first-order chi connectivity index (χ1) is 6.56. The molecule has 1 rings (SSSR count). The molecule has 0 bridgehead atoms. The van der Waals surface area contributed by atoms with E-state index in [1.807, 2.05) is 0 Å². The van der Waals surface area contributed by atoms with Crippen LogP contribution in [0.15, 0.2) is 16.6 Å². The Kier molecular flexibility index (Phi) is 4.08. The number of hydrogen-bond acceptors (Lipinski definition) is 1. The molecule has 76 valence electrons. The van der Waals surface area contributed by atoms with Crippen LogP contribution in [0.3, 0.4) is 0 Å². The van der Waals surface area contributed by atoms with E-state index in [2.05, 4.69) is 15.9 Å². The fourth-order valence-corrected chi connectivity index (χ4v) is 1.53. The first kappa shape index (κ1) is 11.7.